The Kier molecular flexibility index (Phi) is 5.90. The van der Waals surface area contributed by atoms with E-state index in [4.69, 9.17) is 13.9 Å². The van der Waals surface area contributed by atoms with Gasteiger partial charge in [-0.05, 0) is 48.5 Å². The molecule has 0 aliphatic heterocycles. The number of aromatic nitrogens is 1. The second-order valence-electron chi connectivity index (χ2n) is 6.94. The molecule has 0 atom stereocenters. The number of amides is 1. The zero-order valence-corrected chi connectivity index (χ0v) is 19.2. The van der Waals surface area contributed by atoms with Gasteiger partial charge < -0.3 is 13.9 Å². The average molecular weight is 473 g/mol. The predicted molar refractivity (Wildman–Crippen MR) is 121 cm³/mol. The van der Waals surface area contributed by atoms with Crippen LogP contribution in [0.1, 0.15) is 16.1 Å². The lowest BCUT2D eigenvalue weighted by molar-refractivity contribution is 0.0983. The summed E-state index contributed by atoms with van der Waals surface area (Å²) in [6, 6.07) is 13.1. The van der Waals surface area contributed by atoms with Gasteiger partial charge in [0.15, 0.2) is 26.5 Å². The van der Waals surface area contributed by atoms with Crippen molar-refractivity contribution in [1.29, 1.82) is 0 Å². The summed E-state index contributed by atoms with van der Waals surface area (Å²) in [5.41, 5.74) is 0.979. The summed E-state index contributed by atoms with van der Waals surface area (Å²) in [7, 11) is -0.340. The third kappa shape index (κ3) is 4.32. The van der Waals surface area contributed by atoms with Crippen molar-refractivity contribution < 1.29 is 27.1 Å². The molecule has 0 aliphatic carbocycles. The Morgan fingerprint density at radius 3 is 2.53 bits per heavy atom. The summed E-state index contributed by atoms with van der Waals surface area (Å²) in [4.78, 5) is 19.8. The molecule has 2 aromatic heterocycles. The summed E-state index contributed by atoms with van der Waals surface area (Å²) < 4.78 is 40.5. The van der Waals surface area contributed by atoms with E-state index in [-0.39, 0.29) is 17.3 Å². The van der Waals surface area contributed by atoms with Crippen LogP contribution in [0.25, 0.3) is 10.2 Å². The fourth-order valence-corrected chi connectivity index (χ4v) is 4.87. The molecule has 0 spiro atoms. The van der Waals surface area contributed by atoms with Gasteiger partial charge in [-0.25, -0.2) is 13.4 Å². The van der Waals surface area contributed by atoms with Crippen molar-refractivity contribution in [2.45, 2.75) is 11.4 Å². The van der Waals surface area contributed by atoms with Crippen LogP contribution < -0.4 is 14.4 Å². The minimum atomic E-state index is -3.36. The molecule has 2 aromatic carbocycles. The van der Waals surface area contributed by atoms with Crippen LogP contribution in [0, 0.1) is 0 Å². The molecule has 4 aromatic rings. The van der Waals surface area contributed by atoms with Gasteiger partial charge in [-0.15, -0.1) is 0 Å². The molecule has 32 heavy (non-hydrogen) atoms. The number of nitrogens with zero attached hydrogens (tertiary/aromatic N) is 2. The van der Waals surface area contributed by atoms with Crippen molar-refractivity contribution in [3.8, 4) is 11.5 Å². The summed E-state index contributed by atoms with van der Waals surface area (Å²) in [6.07, 6.45) is 2.69. The van der Waals surface area contributed by atoms with Gasteiger partial charge >= 0.3 is 0 Å². The zero-order chi connectivity index (χ0) is 22.9. The fourth-order valence-electron chi connectivity index (χ4n) is 3.15. The van der Waals surface area contributed by atoms with Gasteiger partial charge in [-0.1, -0.05) is 11.3 Å². The van der Waals surface area contributed by atoms with Crippen LogP contribution >= 0.6 is 11.3 Å². The molecule has 4 rings (SSSR count). The van der Waals surface area contributed by atoms with Gasteiger partial charge in [0.25, 0.3) is 5.91 Å². The number of ether oxygens (including phenoxy) is 2. The molecule has 0 radical (unpaired) electrons. The highest BCUT2D eigenvalue weighted by atomic mass is 32.2. The van der Waals surface area contributed by atoms with Crippen LogP contribution in [0.3, 0.4) is 0 Å². The molecule has 166 valence electrons. The van der Waals surface area contributed by atoms with Crippen molar-refractivity contribution in [3.63, 3.8) is 0 Å². The number of rotatable bonds is 7. The third-order valence-corrected chi connectivity index (χ3v) is 6.93. The second-order valence-corrected chi connectivity index (χ2v) is 9.96. The van der Waals surface area contributed by atoms with Gasteiger partial charge in [-0.2, -0.15) is 0 Å². The summed E-state index contributed by atoms with van der Waals surface area (Å²) in [5.74, 6) is 1.20. The minimum Gasteiger partial charge on any atom is -0.493 e. The molecular weight excluding hydrogens is 452 g/mol. The summed E-state index contributed by atoms with van der Waals surface area (Å²) in [6.45, 7) is 0.152. The molecule has 0 saturated carbocycles. The molecule has 0 saturated heterocycles. The van der Waals surface area contributed by atoms with Gasteiger partial charge in [0.05, 0.1) is 42.1 Å². The smallest absolute Gasteiger partial charge is 0.260 e. The molecular formula is C22H20N2O6S2. The number of carbonyl (C=O) groups is 1. The van der Waals surface area contributed by atoms with Crippen LogP contribution in [0.5, 0.6) is 11.5 Å². The standard InChI is InChI=1S/C22H20N2O6S2/c1-28-18-9-6-14(11-19(18)29-2)21(25)24(13-15-5-4-10-30-15)22-23-17-8-7-16(32(3,26)27)12-20(17)31-22/h4-12H,13H2,1-3H3. The highest BCUT2D eigenvalue weighted by molar-refractivity contribution is 7.90. The number of anilines is 1. The van der Waals surface area contributed by atoms with E-state index in [0.717, 1.165) is 6.26 Å². The molecule has 0 aliphatic rings. The molecule has 10 heteroatoms. The largest absolute Gasteiger partial charge is 0.493 e. The lowest BCUT2D eigenvalue weighted by Gasteiger charge is -2.19. The fraction of sp³-hybridized carbons (Fsp3) is 0.182. The van der Waals surface area contributed by atoms with E-state index in [0.29, 0.717) is 38.2 Å². The maximum atomic E-state index is 13.5. The molecule has 0 N–H and O–H groups in total. The second kappa shape index (κ2) is 8.64. The van der Waals surface area contributed by atoms with Crippen LogP contribution in [0.2, 0.25) is 0 Å². The Balaban J connectivity index is 1.78. The normalized spacial score (nSPS) is 11.5. The number of hydrogen-bond acceptors (Lipinski definition) is 8. The molecule has 1 amide bonds. The topological polar surface area (TPSA) is 98.9 Å². The maximum Gasteiger partial charge on any atom is 0.260 e. The number of furan rings is 1. The van der Waals surface area contributed by atoms with Gasteiger partial charge in [-0.3, -0.25) is 9.69 Å². The third-order valence-electron chi connectivity index (χ3n) is 4.78. The van der Waals surface area contributed by atoms with Gasteiger partial charge in [0.1, 0.15) is 5.76 Å². The van der Waals surface area contributed by atoms with Crippen LogP contribution in [-0.4, -0.2) is 39.8 Å². The first kappa shape index (κ1) is 21.8. The van der Waals surface area contributed by atoms with Crippen LogP contribution in [0.15, 0.2) is 64.1 Å². The molecule has 0 fully saturated rings. The van der Waals surface area contributed by atoms with Crippen LogP contribution in [-0.2, 0) is 16.4 Å². The summed E-state index contributed by atoms with van der Waals surface area (Å²) in [5, 5.41) is 0.418. The van der Waals surface area contributed by atoms with E-state index in [9.17, 15) is 13.2 Å². The molecule has 8 nitrogen and oxygen atoms in total. The molecule has 0 unspecified atom stereocenters. The number of methoxy groups -OCH3 is 2. The monoisotopic (exact) mass is 472 g/mol. The molecule has 2 heterocycles. The van der Waals surface area contributed by atoms with Crippen molar-refractivity contribution in [3.05, 3.63) is 66.1 Å². The first-order valence-electron chi connectivity index (χ1n) is 9.47. The van der Waals surface area contributed by atoms with Gasteiger partial charge in [0.2, 0.25) is 0 Å². The number of benzene rings is 2. The van der Waals surface area contributed by atoms with E-state index in [2.05, 4.69) is 4.98 Å². The van der Waals surface area contributed by atoms with E-state index >= 15 is 0 Å². The number of thiazole rings is 1. The van der Waals surface area contributed by atoms with Crippen LogP contribution in [0.4, 0.5) is 5.13 Å². The lowest BCUT2D eigenvalue weighted by Crippen LogP contribution is -2.30. The van der Waals surface area contributed by atoms with Gasteiger partial charge in [0, 0.05) is 11.8 Å². The zero-order valence-electron chi connectivity index (χ0n) is 17.6. The van der Waals surface area contributed by atoms with Crippen molar-refractivity contribution in [1.82, 2.24) is 4.98 Å². The Bertz CT molecular complexity index is 1380. The minimum absolute atomic E-state index is 0.152. The quantitative estimate of drug-likeness (QED) is 0.398. The van der Waals surface area contributed by atoms with E-state index in [1.807, 2.05) is 0 Å². The Morgan fingerprint density at radius 1 is 1.09 bits per heavy atom. The SMILES string of the molecule is COc1ccc(C(=O)N(Cc2ccco2)c2nc3ccc(S(C)(=O)=O)cc3s2)cc1OC. The van der Waals surface area contributed by atoms with E-state index < -0.39 is 9.84 Å². The van der Waals surface area contributed by atoms with Crippen molar-refractivity contribution >= 4 is 42.4 Å². The number of hydrogen-bond donors (Lipinski definition) is 0. The molecule has 0 bridgehead atoms. The van der Waals surface area contributed by atoms with Crippen molar-refractivity contribution in [2.24, 2.45) is 0 Å². The maximum absolute atomic E-state index is 13.5. The van der Waals surface area contributed by atoms with E-state index in [1.54, 1.807) is 42.5 Å². The highest BCUT2D eigenvalue weighted by Gasteiger charge is 2.24. The Labute approximate surface area is 188 Å². The number of sulfone groups is 1. The van der Waals surface area contributed by atoms with E-state index in [1.165, 1.54) is 42.8 Å². The first-order valence-corrected chi connectivity index (χ1v) is 12.2. The summed E-state index contributed by atoms with van der Waals surface area (Å²) >= 11 is 1.23. The number of carbonyl (C=O) groups excluding carboxylic acids is 1. The average Bonchev–Trinajstić information content (AvgIpc) is 3.44. The first-order chi connectivity index (χ1) is 15.3. The Morgan fingerprint density at radius 2 is 1.88 bits per heavy atom. The number of fused-ring (bicyclic) bond motifs is 1. The Hall–Kier alpha value is -3.37. The van der Waals surface area contributed by atoms with Crippen molar-refractivity contribution in [2.75, 3.05) is 25.4 Å². The highest BCUT2D eigenvalue weighted by Crippen LogP contribution is 2.34. The lowest BCUT2D eigenvalue weighted by atomic mass is 10.1. The predicted octanol–water partition coefficient (Wildman–Crippen LogP) is 4.16.